The van der Waals surface area contributed by atoms with Gasteiger partial charge in [0.05, 0.1) is 12.6 Å². The molecule has 0 aromatic heterocycles. The molecule has 0 saturated carbocycles. The fourth-order valence-electron chi connectivity index (χ4n) is 1.56. The summed E-state index contributed by atoms with van der Waals surface area (Å²) in [4.78, 5) is 0. The molecule has 0 spiro atoms. The number of hydrogen-bond acceptors (Lipinski definition) is 3. The SMILES string of the molecule is N[C@H](CO)c1ccc(Oc2cccc(Cl)c2)cc1. The van der Waals surface area contributed by atoms with Gasteiger partial charge in [-0.3, -0.25) is 0 Å². The van der Waals surface area contributed by atoms with E-state index in [4.69, 9.17) is 27.2 Å². The van der Waals surface area contributed by atoms with Crippen LogP contribution in [-0.2, 0) is 0 Å². The van der Waals surface area contributed by atoms with Crippen LogP contribution in [0.25, 0.3) is 0 Å². The highest BCUT2D eigenvalue weighted by atomic mass is 35.5. The van der Waals surface area contributed by atoms with Gasteiger partial charge in [-0.2, -0.15) is 0 Å². The van der Waals surface area contributed by atoms with Crippen LogP contribution in [0.2, 0.25) is 5.02 Å². The molecular formula is C14H14ClNO2. The van der Waals surface area contributed by atoms with Crippen LogP contribution in [0.4, 0.5) is 0 Å². The van der Waals surface area contributed by atoms with Crippen LogP contribution < -0.4 is 10.5 Å². The zero-order chi connectivity index (χ0) is 13.0. The average molecular weight is 264 g/mol. The second-order valence-corrected chi connectivity index (χ2v) is 4.35. The number of aliphatic hydroxyl groups excluding tert-OH is 1. The Balaban J connectivity index is 2.11. The van der Waals surface area contributed by atoms with Gasteiger partial charge in [-0.25, -0.2) is 0 Å². The minimum absolute atomic E-state index is 0.0749. The van der Waals surface area contributed by atoms with Crippen molar-refractivity contribution in [3.63, 3.8) is 0 Å². The molecule has 0 fully saturated rings. The summed E-state index contributed by atoms with van der Waals surface area (Å²) in [7, 11) is 0. The zero-order valence-electron chi connectivity index (χ0n) is 9.71. The van der Waals surface area contributed by atoms with Gasteiger partial charge in [0.2, 0.25) is 0 Å². The zero-order valence-corrected chi connectivity index (χ0v) is 10.5. The molecule has 0 radical (unpaired) electrons. The Hall–Kier alpha value is -1.55. The molecule has 2 aromatic rings. The molecule has 0 aliphatic rings. The van der Waals surface area contributed by atoms with E-state index in [1.165, 1.54) is 0 Å². The van der Waals surface area contributed by atoms with Gasteiger partial charge in [-0.15, -0.1) is 0 Å². The van der Waals surface area contributed by atoms with Gasteiger partial charge in [0.15, 0.2) is 0 Å². The first kappa shape index (κ1) is 12.9. The first-order valence-corrected chi connectivity index (χ1v) is 5.96. The van der Waals surface area contributed by atoms with Crippen LogP contribution in [0, 0.1) is 0 Å². The lowest BCUT2D eigenvalue weighted by molar-refractivity contribution is 0.268. The molecule has 0 unspecified atom stereocenters. The first-order valence-electron chi connectivity index (χ1n) is 5.59. The highest BCUT2D eigenvalue weighted by molar-refractivity contribution is 6.30. The molecule has 1 atom stereocenters. The summed E-state index contributed by atoms with van der Waals surface area (Å²) in [5, 5.41) is 9.58. The molecule has 0 heterocycles. The molecule has 2 rings (SSSR count). The third-order valence-electron chi connectivity index (χ3n) is 2.54. The summed E-state index contributed by atoms with van der Waals surface area (Å²) < 4.78 is 5.64. The van der Waals surface area contributed by atoms with E-state index in [9.17, 15) is 0 Å². The monoisotopic (exact) mass is 263 g/mol. The molecule has 2 aromatic carbocycles. The molecule has 3 N–H and O–H groups in total. The van der Waals surface area contributed by atoms with E-state index in [2.05, 4.69) is 0 Å². The van der Waals surface area contributed by atoms with E-state index in [1.807, 2.05) is 36.4 Å². The summed E-state index contributed by atoms with van der Waals surface area (Å²) >= 11 is 5.87. The van der Waals surface area contributed by atoms with Gasteiger partial charge in [-0.1, -0.05) is 29.8 Å². The van der Waals surface area contributed by atoms with Crippen molar-refractivity contribution < 1.29 is 9.84 Å². The van der Waals surface area contributed by atoms with Crippen LogP contribution in [0.15, 0.2) is 48.5 Å². The molecule has 0 aliphatic carbocycles. The van der Waals surface area contributed by atoms with Crippen molar-refractivity contribution in [2.75, 3.05) is 6.61 Å². The Kier molecular flexibility index (Phi) is 4.20. The van der Waals surface area contributed by atoms with Gasteiger partial charge < -0.3 is 15.6 Å². The van der Waals surface area contributed by atoms with E-state index in [0.717, 1.165) is 5.56 Å². The smallest absolute Gasteiger partial charge is 0.128 e. The lowest BCUT2D eigenvalue weighted by atomic mass is 10.1. The van der Waals surface area contributed by atoms with Gasteiger partial charge >= 0.3 is 0 Å². The fraction of sp³-hybridized carbons (Fsp3) is 0.143. The Morgan fingerprint density at radius 3 is 2.44 bits per heavy atom. The highest BCUT2D eigenvalue weighted by Gasteiger charge is 2.04. The van der Waals surface area contributed by atoms with Gasteiger partial charge in [0, 0.05) is 5.02 Å². The van der Waals surface area contributed by atoms with Crippen LogP contribution in [0.3, 0.4) is 0 Å². The standard InChI is InChI=1S/C14H14ClNO2/c15-11-2-1-3-13(8-11)18-12-6-4-10(5-7-12)14(16)9-17/h1-8,14,17H,9,16H2/t14-/m1/s1. The van der Waals surface area contributed by atoms with Crippen LogP contribution in [-0.4, -0.2) is 11.7 Å². The third-order valence-corrected chi connectivity index (χ3v) is 2.77. The van der Waals surface area contributed by atoms with Gasteiger partial charge in [0.1, 0.15) is 11.5 Å². The minimum atomic E-state index is -0.356. The number of halogens is 1. The number of rotatable bonds is 4. The topological polar surface area (TPSA) is 55.5 Å². The van der Waals surface area contributed by atoms with Crippen molar-refractivity contribution in [2.45, 2.75) is 6.04 Å². The second-order valence-electron chi connectivity index (χ2n) is 3.92. The number of benzene rings is 2. The lowest BCUT2D eigenvalue weighted by Crippen LogP contribution is -2.14. The summed E-state index contributed by atoms with van der Waals surface area (Å²) in [6.45, 7) is -0.0749. The maximum atomic E-state index is 8.95. The summed E-state index contributed by atoms with van der Waals surface area (Å²) in [6.07, 6.45) is 0. The van der Waals surface area contributed by atoms with Crippen molar-refractivity contribution in [1.29, 1.82) is 0 Å². The quantitative estimate of drug-likeness (QED) is 0.891. The van der Waals surface area contributed by atoms with E-state index in [-0.39, 0.29) is 12.6 Å². The Labute approximate surface area is 111 Å². The molecule has 18 heavy (non-hydrogen) atoms. The average Bonchev–Trinajstić information content (AvgIpc) is 2.39. The number of hydrogen-bond donors (Lipinski definition) is 2. The second kappa shape index (κ2) is 5.87. The van der Waals surface area contributed by atoms with Crippen LogP contribution in [0.1, 0.15) is 11.6 Å². The van der Waals surface area contributed by atoms with E-state index in [0.29, 0.717) is 16.5 Å². The number of aliphatic hydroxyl groups is 1. The van der Waals surface area contributed by atoms with E-state index in [1.54, 1.807) is 12.1 Å². The van der Waals surface area contributed by atoms with E-state index < -0.39 is 0 Å². The summed E-state index contributed by atoms with van der Waals surface area (Å²) in [6, 6.07) is 14.1. The van der Waals surface area contributed by atoms with Crippen molar-refractivity contribution in [1.82, 2.24) is 0 Å². The fourth-order valence-corrected chi connectivity index (χ4v) is 1.74. The first-order chi connectivity index (χ1) is 8.69. The molecule has 0 aliphatic heterocycles. The Morgan fingerprint density at radius 2 is 1.83 bits per heavy atom. The Morgan fingerprint density at radius 1 is 1.11 bits per heavy atom. The number of ether oxygens (including phenoxy) is 1. The third kappa shape index (κ3) is 3.23. The van der Waals surface area contributed by atoms with Crippen molar-refractivity contribution >= 4 is 11.6 Å². The maximum Gasteiger partial charge on any atom is 0.128 e. The largest absolute Gasteiger partial charge is 0.457 e. The summed E-state index contributed by atoms with van der Waals surface area (Å²) in [5.41, 5.74) is 6.58. The molecular weight excluding hydrogens is 250 g/mol. The normalized spacial score (nSPS) is 12.2. The molecule has 0 bridgehead atoms. The molecule has 0 saturated heterocycles. The molecule has 94 valence electrons. The van der Waals surface area contributed by atoms with Gasteiger partial charge in [0.25, 0.3) is 0 Å². The molecule has 0 amide bonds. The summed E-state index contributed by atoms with van der Waals surface area (Å²) in [5.74, 6) is 1.38. The number of nitrogens with two attached hydrogens (primary N) is 1. The highest BCUT2D eigenvalue weighted by Crippen LogP contribution is 2.25. The van der Waals surface area contributed by atoms with Crippen LogP contribution >= 0.6 is 11.6 Å². The van der Waals surface area contributed by atoms with Crippen molar-refractivity contribution in [3.05, 3.63) is 59.1 Å². The van der Waals surface area contributed by atoms with Crippen molar-refractivity contribution in [3.8, 4) is 11.5 Å². The van der Waals surface area contributed by atoms with Gasteiger partial charge in [-0.05, 0) is 35.9 Å². The van der Waals surface area contributed by atoms with Crippen molar-refractivity contribution in [2.24, 2.45) is 5.73 Å². The maximum absolute atomic E-state index is 8.95. The minimum Gasteiger partial charge on any atom is -0.457 e. The predicted molar refractivity (Wildman–Crippen MR) is 72.0 cm³/mol. The predicted octanol–water partition coefficient (Wildman–Crippen LogP) is 3.12. The lowest BCUT2D eigenvalue weighted by Gasteiger charge is -2.10. The molecule has 4 heteroatoms. The molecule has 3 nitrogen and oxygen atoms in total. The Bertz CT molecular complexity index is 513. The van der Waals surface area contributed by atoms with Crippen LogP contribution in [0.5, 0.6) is 11.5 Å². The van der Waals surface area contributed by atoms with E-state index >= 15 is 0 Å².